The van der Waals surface area contributed by atoms with Gasteiger partial charge in [-0.15, -0.1) is 0 Å². The molecule has 0 aliphatic heterocycles. The molecular weight excluding hydrogens is 334 g/mol. The molecule has 0 atom stereocenters. The van der Waals surface area contributed by atoms with Gasteiger partial charge >= 0.3 is 0 Å². The van der Waals surface area contributed by atoms with Crippen molar-refractivity contribution in [3.05, 3.63) is 70.2 Å². The standard InChI is InChI=1S/C15H14BrN3S/c16-14-8-6-13(7-9-14)11-18-19-15(20)17-10-12-4-2-1-3-5-12/h1-9,11H,10H2,(H2,17,19,20)/b18-11-. The van der Waals surface area contributed by atoms with Crippen LogP contribution in [0.1, 0.15) is 11.1 Å². The van der Waals surface area contributed by atoms with E-state index < -0.39 is 0 Å². The lowest BCUT2D eigenvalue weighted by Crippen LogP contribution is -2.31. The van der Waals surface area contributed by atoms with Gasteiger partial charge in [-0.1, -0.05) is 58.4 Å². The van der Waals surface area contributed by atoms with Gasteiger partial charge in [-0.2, -0.15) is 5.10 Å². The minimum Gasteiger partial charge on any atom is -0.357 e. The van der Waals surface area contributed by atoms with Crippen LogP contribution < -0.4 is 10.7 Å². The summed E-state index contributed by atoms with van der Waals surface area (Å²) < 4.78 is 1.04. The molecule has 2 N–H and O–H groups in total. The average molecular weight is 348 g/mol. The van der Waals surface area contributed by atoms with Crippen LogP contribution in [0.3, 0.4) is 0 Å². The number of hydrogen-bond acceptors (Lipinski definition) is 2. The van der Waals surface area contributed by atoms with Gasteiger partial charge in [0.05, 0.1) is 6.21 Å². The van der Waals surface area contributed by atoms with Crippen molar-refractivity contribution in [3.63, 3.8) is 0 Å². The van der Waals surface area contributed by atoms with Gasteiger partial charge in [0.25, 0.3) is 0 Å². The first-order chi connectivity index (χ1) is 9.74. The van der Waals surface area contributed by atoms with Gasteiger partial charge in [0, 0.05) is 11.0 Å². The summed E-state index contributed by atoms with van der Waals surface area (Å²) in [4.78, 5) is 0. The Morgan fingerprint density at radius 2 is 1.80 bits per heavy atom. The number of thiocarbonyl (C=S) groups is 1. The highest BCUT2D eigenvalue weighted by atomic mass is 79.9. The number of hydrogen-bond donors (Lipinski definition) is 2. The van der Waals surface area contributed by atoms with E-state index in [1.165, 1.54) is 5.56 Å². The molecule has 2 aromatic carbocycles. The average Bonchev–Trinajstić information content (AvgIpc) is 2.48. The second-order valence-corrected chi connectivity index (χ2v) is 5.41. The zero-order valence-electron chi connectivity index (χ0n) is 10.7. The highest BCUT2D eigenvalue weighted by molar-refractivity contribution is 9.10. The Kier molecular flexibility index (Phi) is 5.70. The summed E-state index contributed by atoms with van der Waals surface area (Å²) in [5.41, 5.74) is 4.97. The van der Waals surface area contributed by atoms with Crippen LogP contribution in [0.15, 0.2) is 64.2 Å². The Balaban J connectivity index is 1.76. The minimum absolute atomic E-state index is 0.502. The third-order valence-electron chi connectivity index (χ3n) is 2.55. The molecule has 0 fully saturated rings. The maximum absolute atomic E-state index is 5.15. The number of nitrogens with one attached hydrogen (secondary N) is 2. The fourth-order valence-electron chi connectivity index (χ4n) is 1.53. The molecule has 0 amide bonds. The molecule has 5 heteroatoms. The molecule has 0 spiro atoms. The zero-order chi connectivity index (χ0) is 14.2. The van der Waals surface area contributed by atoms with Crippen LogP contribution >= 0.6 is 28.1 Å². The van der Waals surface area contributed by atoms with E-state index in [0.717, 1.165) is 10.0 Å². The lowest BCUT2D eigenvalue weighted by molar-refractivity contribution is 0.869. The molecule has 0 saturated heterocycles. The van der Waals surface area contributed by atoms with E-state index >= 15 is 0 Å². The molecule has 102 valence electrons. The number of benzene rings is 2. The summed E-state index contributed by atoms with van der Waals surface area (Å²) in [5.74, 6) is 0. The van der Waals surface area contributed by atoms with Crippen molar-refractivity contribution in [1.82, 2.24) is 10.7 Å². The summed E-state index contributed by atoms with van der Waals surface area (Å²) in [5, 5.41) is 7.68. The summed E-state index contributed by atoms with van der Waals surface area (Å²) >= 11 is 8.53. The summed E-state index contributed by atoms with van der Waals surface area (Å²) in [6, 6.07) is 17.9. The Bertz CT molecular complexity index is 582. The minimum atomic E-state index is 0.502. The van der Waals surface area contributed by atoms with Crippen LogP contribution in [0, 0.1) is 0 Å². The smallest absolute Gasteiger partial charge is 0.187 e. The van der Waals surface area contributed by atoms with Crippen molar-refractivity contribution >= 4 is 39.5 Å². The highest BCUT2D eigenvalue weighted by Gasteiger charge is 1.94. The Hall–Kier alpha value is -1.72. The first-order valence-corrected chi connectivity index (χ1v) is 7.30. The van der Waals surface area contributed by atoms with Crippen LogP contribution in [0.2, 0.25) is 0 Å². The van der Waals surface area contributed by atoms with Crippen molar-refractivity contribution < 1.29 is 0 Å². The van der Waals surface area contributed by atoms with Crippen LogP contribution in [0.25, 0.3) is 0 Å². The Morgan fingerprint density at radius 1 is 1.10 bits per heavy atom. The van der Waals surface area contributed by atoms with Crippen LogP contribution in [0.4, 0.5) is 0 Å². The summed E-state index contributed by atoms with van der Waals surface area (Å²) in [6.07, 6.45) is 1.73. The maximum atomic E-state index is 5.15. The monoisotopic (exact) mass is 347 g/mol. The molecule has 0 unspecified atom stereocenters. The van der Waals surface area contributed by atoms with Gasteiger partial charge in [0.1, 0.15) is 0 Å². The largest absolute Gasteiger partial charge is 0.357 e. The topological polar surface area (TPSA) is 36.4 Å². The zero-order valence-corrected chi connectivity index (χ0v) is 13.1. The molecule has 0 aliphatic carbocycles. The molecule has 2 aromatic rings. The van der Waals surface area contributed by atoms with E-state index in [0.29, 0.717) is 11.7 Å². The first kappa shape index (κ1) is 14.7. The van der Waals surface area contributed by atoms with Gasteiger partial charge in [0.2, 0.25) is 0 Å². The first-order valence-electron chi connectivity index (χ1n) is 6.10. The van der Waals surface area contributed by atoms with Gasteiger partial charge < -0.3 is 5.32 Å². The third kappa shape index (κ3) is 5.11. The lowest BCUT2D eigenvalue weighted by atomic mass is 10.2. The lowest BCUT2D eigenvalue weighted by Gasteiger charge is -2.06. The molecule has 0 aromatic heterocycles. The predicted molar refractivity (Wildman–Crippen MR) is 90.8 cm³/mol. The molecule has 0 bridgehead atoms. The van der Waals surface area contributed by atoms with E-state index in [4.69, 9.17) is 12.2 Å². The van der Waals surface area contributed by atoms with Crippen molar-refractivity contribution in [2.75, 3.05) is 0 Å². The summed E-state index contributed by atoms with van der Waals surface area (Å²) in [7, 11) is 0. The fourth-order valence-corrected chi connectivity index (χ4v) is 1.92. The molecule has 0 radical (unpaired) electrons. The Labute approximate surface area is 132 Å². The van der Waals surface area contributed by atoms with E-state index in [9.17, 15) is 0 Å². The van der Waals surface area contributed by atoms with Crippen LogP contribution in [-0.4, -0.2) is 11.3 Å². The molecule has 20 heavy (non-hydrogen) atoms. The van der Waals surface area contributed by atoms with Crippen molar-refractivity contribution in [2.24, 2.45) is 5.10 Å². The van der Waals surface area contributed by atoms with Crippen molar-refractivity contribution in [3.8, 4) is 0 Å². The third-order valence-corrected chi connectivity index (χ3v) is 3.31. The molecule has 0 saturated carbocycles. The predicted octanol–water partition coefficient (Wildman–Crippen LogP) is 3.45. The van der Waals surface area contributed by atoms with Gasteiger partial charge in [-0.25, -0.2) is 0 Å². The second-order valence-electron chi connectivity index (χ2n) is 4.09. The SMILES string of the molecule is S=C(NCc1ccccc1)N/N=C\c1ccc(Br)cc1. The van der Waals surface area contributed by atoms with Crippen molar-refractivity contribution in [1.29, 1.82) is 0 Å². The normalized spacial score (nSPS) is 10.4. The van der Waals surface area contributed by atoms with Crippen LogP contribution in [-0.2, 0) is 6.54 Å². The van der Waals surface area contributed by atoms with Crippen LogP contribution in [0.5, 0.6) is 0 Å². The number of rotatable bonds is 4. The highest BCUT2D eigenvalue weighted by Crippen LogP contribution is 2.08. The van der Waals surface area contributed by atoms with E-state index in [2.05, 4.69) is 31.8 Å². The maximum Gasteiger partial charge on any atom is 0.187 e. The molecule has 0 aliphatic rings. The fraction of sp³-hybridized carbons (Fsp3) is 0.0667. The summed E-state index contributed by atoms with van der Waals surface area (Å²) in [6.45, 7) is 0.681. The second kappa shape index (κ2) is 7.77. The quantitative estimate of drug-likeness (QED) is 0.505. The van der Waals surface area contributed by atoms with E-state index in [-0.39, 0.29) is 0 Å². The molecule has 0 heterocycles. The van der Waals surface area contributed by atoms with Gasteiger partial charge in [-0.05, 0) is 35.5 Å². The molecular formula is C15H14BrN3S. The molecule has 3 nitrogen and oxygen atoms in total. The number of hydrazone groups is 1. The van der Waals surface area contributed by atoms with Gasteiger partial charge in [0.15, 0.2) is 5.11 Å². The van der Waals surface area contributed by atoms with Gasteiger partial charge in [-0.3, -0.25) is 5.43 Å². The Morgan fingerprint density at radius 3 is 2.50 bits per heavy atom. The van der Waals surface area contributed by atoms with Crippen molar-refractivity contribution in [2.45, 2.75) is 6.54 Å². The van der Waals surface area contributed by atoms with E-state index in [1.807, 2.05) is 54.6 Å². The van der Waals surface area contributed by atoms with E-state index in [1.54, 1.807) is 6.21 Å². The molecule has 2 rings (SSSR count). The number of nitrogens with zero attached hydrogens (tertiary/aromatic N) is 1. The number of halogens is 1.